The maximum atomic E-state index is 11.1. The number of nitrogens with zero attached hydrogens (tertiary/aromatic N) is 3. The highest BCUT2D eigenvalue weighted by Gasteiger charge is 2.26. The van der Waals surface area contributed by atoms with Gasteiger partial charge in [-0.15, -0.1) is 5.10 Å². The van der Waals surface area contributed by atoms with Crippen LogP contribution in [-0.2, 0) is 24.2 Å². The van der Waals surface area contributed by atoms with E-state index in [2.05, 4.69) is 10.3 Å². The summed E-state index contributed by atoms with van der Waals surface area (Å²) < 4.78 is 2.02. The molecule has 2 fully saturated rings. The second-order valence-corrected chi connectivity index (χ2v) is 6.08. The van der Waals surface area contributed by atoms with Crippen LogP contribution < -0.4 is 5.73 Å². The first-order chi connectivity index (χ1) is 9.22. The molecule has 5 nitrogen and oxygen atoms in total. The zero-order valence-electron chi connectivity index (χ0n) is 11.3. The van der Waals surface area contributed by atoms with E-state index in [0.29, 0.717) is 0 Å². The molecule has 2 saturated carbocycles. The molecule has 0 unspecified atom stereocenters. The van der Waals surface area contributed by atoms with Crippen molar-refractivity contribution in [1.29, 1.82) is 0 Å². The van der Waals surface area contributed by atoms with Crippen LogP contribution in [0.2, 0.25) is 0 Å². The van der Waals surface area contributed by atoms with Crippen molar-refractivity contribution in [2.45, 2.75) is 57.9 Å². The summed E-state index contributed by atoms with van der Waals surface area (Å²) in [5.74, 6) is 1.33. The third-order valence-corrected chi connectivity index (χ3v) is 4.41. The Balaban J connectivity index is 1.68. The third kappa shape index (κ3) is 3.14. The molecule has 0 spiro atoms. The van der Waals surface area contributed by atoms with Gasteiger partial charge < -0.3 is 5.73 Å². The Morgan fingerprint density at radius 3 is 2.63 bits per heavy atom. The Labute approximate surface area is 113 Å². The lowest BCUT2D eigenvalue weighted by Crippen LogP contribution is -2.17. The van der Waals surface area contributed by atoms with Crippen molar-refractivity contribution in [2.24, 2.45) is 17.6 Å². The number of carbonyl (C=O) groups excluding carboxylic acids is 1. The summed E-state index contributed by atoms with van der Waals surface area (Å²) in [7, 11) is 0. The van der Waals surface area contributed by atoms with Crippen LogP contribution in [0.1, 0.15) is 49.9 Å². The fourth-order valence-electron chi connectivity index (χ4n) is 2.76. The minimum Gasteiger partial charge on any atom is -0.369 e. The lowest BCUT2D eigenvalue weighted by Gasteiger charge is -2.25. The summed E-state index contributed by atoms with van der Waals surface area (Å²) >= 11 is 0. The molecule has 0 atom stereocenters. The van der Waals surface area contributed by atoms with Gasteiger partial charge in [-0.2, -0.15) is 0 Å². The largest absolute Gasteiger partial charge is 0.369 e. The van der Waals surface area contributed by atoms with Gasteiger partial charge in [0.25, 0.3) is 0 Å². The monoisotopic (exact) mass is 262 g/mol. The predicted molar refractivity (Wildman–Crippen MR) is 71.3 cm³/mol. The van der Waals surface area contributed by atoms with Crippen molar-refractivity contribution < 1.29 is 4.79 Å². The lowest BCUT2D eigenvalue weighted by atomic mass is 9.83. The molecule has 2 aliphatic carbocycles. The van der Waals surface area contributed by atoms with Gasteiger partial charge in [0.2, 0.25) is 5.91 Å². The Kier molecular flexibility index (Phi) is 3.53. The van der Waals surface area contributed by atoms with Crippen molar-refractivity contribution >= 4 is 5.91 Å². The van der Waals surface area contributed by atoms with Crippen molar-refractivity contribution in [1.82, 2.24) is 15.0 Å². The highest BCUT2D eigenvalue weighted by Crippen LogP contribution is 2.34. The zero-order chi connectivity index (χ0) is 13.2. The number of hydrogen-bond acceptors (Lipinski definition) is 3. The Bertz CT molecular complexity index is 460. The van der Waals surface area contributed by atoms with Crippen LogP contribution in [0.3, 0.4) is 0 Å². The maximum absolute atomic E-state index is 11.1. The molecule has 2 N–H and O–H groups in total. The average molecular weight is 262 g/mol. The van der Waals surface area contributed by atoms with Crippen LogP contribution in [-0.4, -0.2) is 20.9 Å². The predicted octanol–water partition coefficient (Wildman–Crippen LogP) is 1.45. The number of amides is 1. The van der Waals surface area contributed by atoms with Crippen LogP contribution >= 0.6 is 0 Å². The summed E-state index contributed by atoms with van der Waals surface area (Å²) in [6.45, 7) is 0.943. The van der Waals surface area contributed by atoms with E-state index in [1.54, 1.807) is 0 Å². The minimum absolute atomic E-state index is 0.228. The molecule has 5 heteroatoms. The number of nitrogens with two attached hydrogens (primary N) is 1. The molecule has 0 saturated heterocycles. The van der Waals surface area contributed by atoms with E-state index in [1.165, 1.54) is 38.5 Å². The molecule has 1 amide bonds. The first-order valence-electron chi connectivity index (χ1n) is 7.42. The highest BCUT2D eigenvalue weighted by molar-refractivity contribution is 5.76. The molecular formula is C14H22N4O. The van der Waals surface area contributed by atoms with E-state index < -0.39 is 0 Å². The summed E-state index contributed by atoms with van der Waals surface area (Å²) in [6, 6.07) is 0. The quantitative estimate of drug-likeness (QED) is 0.808. The average Bonchev–Trinajstić information content (AvgIpc) is 3.03. The summed E-state index contributed by atoms with van der Waals surface area (Å²) in [5.41, 5.74) is 7.24. The standard InChI is InChI=1S/C14H22N4O/c15-14(19)9-12-13(8-11-4-5-11)18(17-16-12)7-6-10-2-1-3-10/h10-11H,1-9H2,(H2,15,19). The number of aryl methyl sites for hydroxylation is 1. The van der Waals surface area contributed by atoms with E-state index in [0.717, 1.165) is 36.2 Å². The molecule has 104 valence electrons. The normalized spacial score (nSPS) is 19.4. The van der Waals surface area contributed by atoms with Gasteiger partial charge in [-0.25, -0.2) is 4.68 Å². The van der Waals surface area contributed by atoms with Gasteiger partial charge in [0.1, 0.15) is 0 Å². The Morgan fingerprint density at radius 2 is 2.05 bits per heavy atom. The van der Waals surface area contributed by atoms with Crippen LogP contribution in [0, 0.1) is 11.8 Å². The lowest BCUT2D eigenvalue weighted by molar-refractivity contribution is -0.117. The van der Waals surface area contributed by atoms with E-state index in [9.17, 15) is 4.79 Å². The van der Waals surface area contributed by atoms with Gasteiger partial charge in [-0.1, -0.05) is 24.5 Å². The molecular weight excluding hydrogens is 240 g/mol. The van der Waals surface area contributed by atoms with Crippen LogP contribution in [0.15, 0.2) is 0 Å². The zero-order valence-corrected chi connectivity index (χ0v) is 11.3. The first-order valence-corrected chi connectivity index (χ1v) is 7.42. The Morgan fingerprint density at radius 1 is 1.26 bits per heavy atom. The van der Waals surface area contributed by atoms with Crippen molar-refractivity contribution in [3.05, 3.63) is 11.4 Å². The molecule has 19 heavy (non-hydrogen) atoms. The van der Waals surface area contributed by atoms with Gasteiger partial charge in [0.15, 0.2) is 0 Å². The van der Waals surface area contributed by atoms with E-state index in [4.69, 9.17) is 5.73 Å². The smallest absolute Gasteiger partial charge is 0.223 e. The number of rotatable bonds is 7. The maximum Gasteiger partial charge on any atom is 0.223 e. The Hall–Kier alpha value is -1.39. The van der Waals surface area contributed by atoms with Gasteiger partial charge >= 0.3 is 0 Å². The second-order valence-electron chi connectivity index (χ2n) is 6.08. The molecule has 0 aromatic carbocycles. The van der Waals surface area contributed by atoms with Gasteiger partial charge in [0, 0.05) is 6.54 Å². The van der Waals surface area contributed by atoms with Crippen LogP contribution in [0.5, 0.6) is 0 Å². The molecule has 2 aliphatic rings. The first kappa shape index (κ1) is 12.6. The second kappa shape index (κ2) is 5.31. The summed E-state index contributed by atoms with van der Waals surface area (Å²) in [4.78, 5) is 11.1. The summed E-state index contributed by atoms with van der Waals surface area (Å²) in [5, 5.41) is 8.41. The fraction of sp³-hybridized carbons (Fsp3) is 0.786. The molecule has 0 radical (unpaired) electrons. The molecule has 0 aliphatic heterocycles. The minimum atomic E-state index is -0.317. The highest BCUT2D eigenvalue weighted by atomic mass is 16.1. The number of carbonyl (C=O) groups is 1. The van der Waals surface area contributed by atoms with Crippen molar-refractivity contribution in [3.8, 4) is 0 Å². The molecule has 1 aromatic rings. The molecule has 1 aromatic heterocycles. The van der Waals surface area contributed by atoms with Gasteiger partial charge in [0.05, 0.1) is 17.8 Å². The van der Waals surface area contributed by atoms with Crippen LogP contribution in [0.25, 0.3) is 0 Å². The summed E-state index contributed by atoms with van der Waals surface area (Å²) in [6.07, 6.45) is 9.13. The number of hydrogen-bond donors (Lipinski definition) is 1. The van der Waals surface area contributed by atoms with Gasteiger partial charge in [-0.05, 0) is 37.5 Å². The van der Waals surface area contributed by atoms with Crippen molar-refractivity contribution in [2.75, 3.05) is 0 Å². The SMILES string of the molecule is NC(=O)Cc1nnn(CCC2CCC2)c1CC1CC1. The number of aromatic nitrogens is 3. The van der Waals surface area contributed by atoms with E-state index >= 15 is 0 Å². The third-order valence-electron chi connectivity index (χ3n) is 4.41. The molecule has 1 heterocycles. The van der Waals surface area contributed by atoms with E-state index in [-0.39, 0.29) is 12.3 Å². The van der Waals surface area contributed by atoms with Gasteiger partial charge in [-0.3, -0.25) is 4.79 Å². The topological polar surface area (TPSA) is 73.8 Å². The molecule has 3 rings (SSSR count). The van der Waals surface area contributed by atoms with Crippen molar-refractivity contribution in [3.63, 3.8) is 0 Å². The fourth-order valence-corrected chi connectivity index (χ4v) is 2.76. The van der Waals surface area contributed by atoms with Crippen LogP contribution in [0.4, 0.5) is 0 Å². The molecule has 0 bridgehead atoms. The van der Waals surface area contributed by atoms with E-state index in [1.807, 2.05) is 4.68 Å². The number of primary amides is 1.